The topological polar surface area (TPSA) is 52.6 Å². The molecule has 0 aromatic heterocycles. The third kappa shape index (κ3) is 6.92. The summed E-state index contributed by atoms with van der Waals surface area (Å²) in [6.07, 6.45) is 6.83. The Kier molecular flexibility index (Phi) is 8.11. The van der Waals surface area contributed by atoms with Gasteiger partial charge >= 0.3 is 11.9 Å². The van der Waals surface area contributed by atoms with Crippen molar-refractivity contribution in [3.05, 3.63) is 35.9 Å². The van der Waals surface area contributed by atoms with E-state index in [1.54, 1.807) is 30.3 Å². The minimum Gasteiger partial charge on any atom is -0.247 e. The summed E-state index contributed by atoms with van der Waals surface area (Å²) in [5.74, 6) is -1.15. The smallest absolute Gasteiger partial charge is 0.247 e. The van der Waals surface area contributed by atoms with E-state index < -0.39 is 11.9 Å². The van der Waals surface area contributed by atoms with Crippen molar-refractivity contribution >= 4 is 11.9 Å². The number of hydrogen-bond acceptors (Lipinski definition) is 4. The number of rotatable bonds is 8. The Labute approximate surface area is 120 Å². The Morgan fingerprint density at radius 3 is 2.25 bits per heavy atom. The Balaban J connectivity index is 2.09. The molecule has 0 aliphatic rings. The number of carbonyl (C=O) groups is 2. The van der Waals surface area contributed by atoms with Crippen LogP contribution < -0.4 is 0 Å². The van der Waals surface area contributed by atoms with Gasteiger partial charge in [0.25, 0.3) is 0 Å². The second-order valence-corrected chi connectivity index (χ2v) is 4.71. The van der Waals surface area contributed by atoms with E-state index in [0.717, 1.165) is 19.3 Å². The van der Waals surface area contributed by atoms with Crippen LogP contribution in [0, 0.1) is 0 Å². The van der Waals surface area contributed by atoms with Crippen LogP contribution in [0.25, 0.3) is 0 Å². The molecule has 110 valence electrons. The molecule has 1 rings (SSSR count). The van der Waals surface area contributed by atoms with Crippen LogP contribution in [0.5, 0.6) is 0 Å². The summed E-state index contributed by atoms with van der Waals surface area (Å²) in [6.45, 7) is 2.17. The molecule has 0 aliphatic heterocycles. The van der Waals surface area contributed by atoms with Crippen LogP contribution in [0.15, 0.2) is 30.3 Å². The standard InChI is InChI=1S/C16H22O4/c1-2-3-4-5-6-10-13-15(17)19-20-16(18)14-11-8-7-9-12-14/h7-9,11-12H,2-6,10,13H2,1H3. The zero-order chi connectivity index (χ0) is 14.6. The molecule has 1 aromatic rings. The largest absolute Gasteiger partial charge is 0.386 e. The van der Waals surface area contributed by atoms with E-state index in [2.05, 4.69) is 16.7 Å². The van der Waals surface area contributed by atoms with Crippen molar-refractivity contribution in [2.45, 2.75) is 51.9 Å². The molecule has 0 N–H and O–H groups in total. The average Bonchev–Trinajstić information content (AvgIpc) is 2.49. The molecule has 0 saturated carbocycles. The van der Waals surface area contributed by atoms with Gasteiger partial charge < -0.3 is 0 Å². The molecule has 4 nitrogen and oxygen atoms in total. The molecule has 0 aliphatic carbocycles. The van der Waals surface area contributed by atoms with Crippen LogP contribution in [0.4, 0.5) is 0 Å². The third-order valence-corrected chi connectivity index (χ3v) is 2.95. The molecule has 4 heteroatoms. The molecule has 0 amide bonds. The van der Waals surface area contributed by atoms with Crippen LogP contribution >= 0.6 is 0 Å². The van der Waals surface area contributed by atoms with Crippen molar-refractivity contribution in [1.29, 1.82) is 0 Å². The van der Waals surface area contributed by atoms with Crippen molar-refractivity contribution < 1.29 is 19.4 Å². The van der Waals surface area contributed by atoms with E-state index in [0.29, 0.717) is 5.56 Å². The minimum atomic E-state index is -0.651. The Hall–Kier alpha value is -1.84. The molecule has 0 heterocycles. The molecular weight excluding hydrogens is 256 g/mol. The molecule has 0 radical (unpaired) electrons. The lowest BCUT2D eigenvalue weighted by Crippen LogP contribution is -2.11. The maximum absolute atomic E-state index is 11.5. The predicted octanol–water partition coefficient (Wildman–Crippen LogP) is 4.05. The van der Waals surface area contributed by atoms with Crippen molar-refractivity contribution in [3.63, 3.8) is 0 Å². The average molecular weight is 278 g/mol. The molecule has 0 atom stereocenters. The van der Waals surface area contributed by atoms with E-state index in [4.69, 9.17) is 0 Å². The summed E-state index contributed by atoms with van der Waals surface area (Å²) < 4.78 is 0. The van der Waals surface area contributed by atoms with Gasteiger partial charge in [-0.25, -0.2) is 19.4 Å². The van der Waals surface area contributed by atoms with Crippen LogP contribution in [0.2, 0.25) is 0 Å². The zero-order valence-corrected chi connectivity index (χ0v) is 12.0. The lowest BCUT2D eigenvalue weighted by Gasteiger charge is -2.03. The molecule has 0 unspecified atom stereocenters. The van der Waals surface area contributed by atoms with E-state index >= 15 is 0 Å². The Morgan fingerprint density at radius 2 is 1.55 bits per heavy atom. The van der Waals surface area contributed by atoms with Crippen molar-refractivity contribution in [2.24, 2.45) is 0 Å². The molecule has 0 bridgehead atoms. The van der Waals surface area contributed by atoms with Gasteiger partial charge in [0.2, 0.25) is 0 Å². The molecular formula is C16H22O4. The van der Waals surface area contributed by atoms with Crippen molar-refractivity contribution in [2.75, 3.05) is 0 Å². The van der Waals surface area contributed by atoms with E-state index in [9.17, 15) is 9.59 Å². The van der Waals surface area contributed by atoms with Crippen molar-refractivity contribution in [3.8, 4) is 0 Å². The zero-order valence-electron chi connectivity index (χ0n) is 12.0. The lowest BCUT2D eigenvalue weighted by atomic mass is 10.1. The van der Waals surface area contributed by atoms with Gasteiger partial charge in [0, 0.05) is 0 Å². The Morgan fingerprint density at radius 1 is 0.900 bits per heavy atom. The van der Waals surface area contributed by atoms with Gasteiger partial charge in [0.1, 0.15) is 0 Å². The second kappa shape index (κ2) is 10.0. The monoisotopic (exact) mass is 278 g/mol. The fourth-order valence-electron chi connectivity index (χ4n) is 1.80. The van der Waals surface area contributed by atoms with E-state index in [-0.39, 0.29) is 6.42 Å². The summed E-state index contributed by atoms with van der Waals surface area (Å²) in [5, 5.41) is 0. The highest BCUT2D eigenvalue weighted by atomic mass is 17.2. The van der Waals surface area contributed by atoms with Gasteiger partial charge in [-0.05, 0) is 18.6 Å². The van der Waals surface area contributed by atoms with Gasteiger partial charge in [0.15, 0.2) is 0 Å². The second-order valence-electron chi connectivity index (χ2n) is 4.71. The van der Waals surface area contributed by atoms with E-state index in [1.807, 2.05) is 0 Å². The van der Waals surface area contributed by atoms with Gasteiger partial charge in [-0.3, -0.25) is 0 Å². The molecule has 20 heavy (non-hydrogen) atoms. The number of benzene rings is 1. The van der Waals surface area contributed by atoms with Crippen LogP contribution in [-0.2, 0) is 14.6 Å². The Bertz CT molecular complexity index is 400. The predicted molar refractivity (Wildman–Crippen MR) is 75.9 cm³/mol. The highest BCUT2D eigenvalue weighted by Crippen LogP contribution is 2.08. The fraction of sp³-hybridized carbons (Fsp3) is 0.500. The normalized spacial score (nSPS) is 10.1. The van der Waals surface area contributed by atoms with Gasteiger partial charge in [0.05, 0.1) is 12.0 Å². The third-order valence-electron chi connectivity index (χ3n) is 2.95. The van der Waals surface area contributed by atoms with Crippen molar-refractivity contribution in [1.82, 2.24) is 0 Å². The highest BCUT2D eigenvalue weighted by Gasteiger charge is 2.11. The maximum atomic E-state index is 11.5. The lowest BCUT2D eigenvalue weighted by molar-refractivity contribution is -0.234. The molecule has 0 spiro atoms. The minimum absolute atomic E-state index is 0.286. The quantitative estimate of drug-likeness (QED) is 0.409. The van der Waals surface area contributed by atoms with Crippen LogP contribution in [-0.4, -0.2) is 11.9 Å². The van der Waals surface area contributed by atoms with Crippen LogP contribution in [0.1, 0.15) is 62.2 Å². The van der Waals surface area contributed by atoms with Crippen LogP contribution in [0.3, 0.4) is 0 Å². The van der Waals surface area contributed by atoms with Gasteiger partial charge in [-0.2, -0.15) is 0 Å². The van der Waals surface area contributed by atoms with Gasteiger partial charge in [-0.15, -0.1) is 0 Å². The summed E-state index contributed by atoms with van der Waals surface area (Å²) in [7, 11) is 0. The van der Waals surface area contributed by atoms with Gasteiger partial charge in [-0.1, -0.05) is 57.2 Å². The molecule has 0 saturated heterocycles. The maximum Gasteiger partial charge on any atom is 0.386 e. The number of unbranched alkanes of at least 4 members (excludes halogenated alkanes) is 5. The first-order chi connectivity index (χ1) is 9.74. The number of hydrogen-bond donors (Lipinski definition) is 0. The first-order valence-electron chi connectivity index (χ1n) is 7.20. The highest BCUT2D eigenvalue weighted by molar-refractivity contribution is 5.89. The summed E-state index contributed by atoms with van der Waals surface area (Å²) >= 11 is 0. The molecule has 0 fully saturated rings. The summed E-state index contributed by atoms with van der Waals surface area (Å²) in [4.78, 5) is 31.9. The SMILES string of the molecule is CCCCCCCCC(=O)OOC(=O)c1ccccc1. The first-order valence-corrected chi connectivity index (χ1v) is 7.20. The summed E-state index contributed by atoms with van der Waals surface area (Å²) in [5.41, 5.74) is 0.361. The number of carbonyl (C=O) groups excluding carboxylic acids is 2. The fourth-order valence-corrected chi connectivity index (χ4v) is 1.80. The first kappa shape index (κ1) is 16.2. The molecule has 1 aromatic carbocycles. The van der Waals surface area contributed by atoms with E-state index in [1.165, 1.54) is 19.3 Å². The summed E-state index contributed by atoms with van der Waals surface area (Å²) in [6, 6.07) is 8.43.